The second-order valence-corrected chi connectivity index (χ2v) is 8.58. The Morgan fingerprint density at radius 3 is 2.26 bits per heavy atom. The maximum absolute atomic E-state index is 12.4. The van der Waals surface area contributed by atoms with Gasteiger partial charge in [0, 0.05) is 13.1 Å². The summed E-state index contributed by atoms with van der Waals surface area (Å²) in [5, 5.41) is 8.85. The Morgan fingerprint density at radius 1 is 1.11 bits per heavy atom. The van der Waals surface area contributed by atoms with E-state index < -0.39 is 21.9 Å². The van der Waals surface area contributed by atoms with Gasteiger partial charge in [-0.2, -0.15) is 5.26 Å². The molecule has 0 bridgehead atoms. The number of esters is 1. The first-order valence-corrected chi connectivity index (χ1v) is 10.5. The summed E-state index contributed by atoms with van der Waals surface area (Å²) in [5.74, 6) is -0.435. The molecule has 1 unspecified atom stereocenters. The van der Waals surface area contributed by atoms with Gasteiger partial charge in [-0.3, -0.25) is 4.79 Å². The van der Waals surface area contributed by atoms with Crippen molar-refractivity contribution in [2.75, 3.05) is 19.3 Å². The highest BCUT2D eigenvalue weighted by Crippen LogP contribution is 2.25. The zero-order chi connectivity index (χ0) is 19.4. The molecule has 0 amide bonds. The first-order chi connectivity index (χ1) is 12.9. The van der Waals surface area contributed by atoms with Crippen molar-refractivity contribution in [3.63, 3.8) is 0 Å². The second-order valence-electron chi connectivity index (χ2n) is 6.59. The maximum Gasteiger partial charge on any atom is 0.315 e. The molecule has 140 valence electrons. The van der Waals surface area contributed by atoms with Crippen molar-refractivity contribution in [1.82, 2.24) is 4.31 Å². The van der Waals surface area contributed by atoms with Crippen LogP contribution in [0.2, 0.25) is 0 Å². The first-order valence-electron chi connectivity index (χ1n) is 8.64. The van der Waals surface area contributed by atoms with Crippen LogP contribution < -0.4 is 4.74 Å². The molecule has 0 saturated carbocycles. The molecule has 2 aromatic carbocycles. The summed E-state index contributed by atoms with van der Waals surface area (Å²) in [6.45, 7) is 0.614. The van der Waals surface area contributed by atoms with E-state index in [1.165, 1.54) is 4.31 Å². The Balaban J connectivity index is 1.65. The van der Waals surface area contributed by atoms with E-state index in [1.54, 1.807) is 24.3 Å². The van der Waals surface area contributed by atoms with Crippen molar-refractivity contribution < 1.29 is 17.9 Å². The number of carbonyl (C=O) groups excluding carboxylic acids is 1. The second kappa shape index (κ2) is 7.91. The highest BCUT2D eigenvalue weighted by Gasteiger charge is 2.31. The summed E-state index contributed by atoms with van der Waals surface area (Å²) >= 11 is 0. The van der Waals surface area contributed by atoms with Gasteiger partial charge in [0.15, 0.2) is 0 Å². The maximum atomic E-state index is 12.4. The van der Waals surface area contributed by atoms with Gasteiger partial charge >= 0.3 is 5.97 Å². The quantitative estimate of drug-likeness (QED) is 0.597. The van der Waals surface area contributed by atoms with Crippen molar-refractivity contribution in [3.8, 4) is 22.9 Å². The summed E-state index contributed by atoms with van der Waals surface area (Å²) in [5.41, 5.74) is 2.50. The third kappa shape index (κ3) is 4.73. The Labute approximate surface area is 159 Å². The molecular weight excluding hydrogens is 364 g/mol. The largest absolute Gasteiger partial charge is 0.426 e. The summed E-state index contributed by atoms with van der Waals surface area (Å²) in [6, 6.07) is 16.4. The number of nitrogens with zero attached hydrogens (tertiary/aromatic N) is 2. The molecule has 7 heteroatoms. The number of carbonyl (C=O) groups is 1. The zero-order valence-electron chi connectivity index (χ0n) is 15.0. The van der Waals surface area contributed by atoms with E-state index >= 15 is 0 Å². The Morgan fingerprint density at radius 2 is 1.70 bits per heavy atom. The molecule has 1 aliphatic rings. The van der Waals surface area contributed by atoms with Crippen molar-refractivity contribution in [3.05, 3.63) is 54.1 Å². The van der Waals surface area contributed by atoms with Gasteiger partial charge < -0.3 is 4.74 Å². The van der Waals surface area contributed by atoms with Crippen LogP contribution in [0.25, 0.3) is 11.1 Å². The molecule has 6 nitrogen and oxygen atoms in total. The van der Waals surface area contributed by atoms with Gasteiger partial charge in [0.1, 0.15) is 5.75 Å². The van der Waals surface area contributed by atoms with Crippen LogP contribution in [-0.4, -0.2) is 38.0 Å². The lowest BCUT2D eigenvalue weighted by Gasteiger charge is -2.29. The van der Waals surface area contributed by atoms with Crippen LogP contribution in [0.1, 0.15) is 18.4 Å². The normalized spacial score (nSPS) is 17.9. The lowest BCUT2D eigenvalue weighted by Crippen LogP contribution is -2.42. The van der Waals surface area contributed by atoms with Crippen molar-refractivity contribution in [1.29, 1.82) is 5.26 Å². The predicted octanol–water partition coefficient (Wildman–Crippen LogP) is 2.80. The molecule has 1 heterocycles. The van der Waals surface area contributed by atoms with Crippen LogP contribution in [-0.2, 0) is 14.8 Å². The van der Waals surface area contributed by atoms with Crippen LogP contribution in [0.4, 0.5) is 0 Å². The molecule has 0 aliphatic carbocycles. The zero-order valence-corrected chi connectivity index (χ0v) is 15.8. The monoisotopic (exact) mass is 384 g/mol. The van der Waals surface area contributed by atoms with E-state index in [1.807, 2.05) is 24.3 Å². The molecule has 1 atom stereocenters. The number of benzene rings is 2. The van der Waals surface area contributed by atoms with Crippen molar-refractivity contribution in [2.24, 2.45) is 5.92 Å². The molecule has 1 aliphatic heterocycles. The van der Waals surface area contributed by atoms with Gasteiger partial charge in [0.05, 0.1) is 23.8 Å². The fourth-order valence-electron chi connectivity index (χ4n) is 3.09. The average Bonchev–Trinajstić information content (AvgIpc) is 2.68. The van der Waals surface area contributed by atoms with Crippen LogP contribution in [0.15, 0.2) is 48.5 Å². The number of ether oxygens (including phenoxy) is 1. The van der Waals surface area contributed by atoms with Crippen molar-refractivity contribution in [2.45, 2.75) is 12.8 Å². The molecule has 0 spiro atoms. The van der Waals surface area contributed by atoms with Gasteiger partial charge in [0.2, 0.25) is 10.0 Å². The molecule has 27 heavy (non-hydrogen) atoms. The molecular formula is C20H20N2O4S. The summed E-state index contributed by atoms with van der Waals surface area (Å²) in [7, 11) is -3.30. The van der Waals surface area contributed by atoms with E-state index in [0.717, 1.165) is 17.4 Å². The number of hydrogen-bond donors (Lipinski definition) is 0. The van der Waals surface area contributed by atoms with E-state index in [9.17, 15) is 13.2 Å². The van der Waals surface area contributed by atoms with Gasteiger partial charge in [-0.25, -0.2) is 12.7 Å². The fraction of sp³-hybridized carbons (Fsp3) is 0.300. The standard InChI is InChI=1S/C20H20N2O4S/c1-27(24,25)22-12-2-3-18(14-22)20(23)26-19-10-8-17(9-11-19)16-6-4-15(13-21)5-7-16/h4-11,18H,2-3,12,14H2,1H3. The third-order valence-electron chi connectivity index (χ3n) is 4.61. The molecule has 2 aromatic rings. The van der Waals surface area contributed by atoms with Crippen LogP contribution in [0.3, 0.4) is 0 Å². The topological polar surface area (TPSA) is 87.5 Å². The lowest BCUT2D eigenvalue weighted by atomic mass is 10.00. The Kier molecular flexibility index (Phi) is 5.59. The summed E-state index contributed by atoms with van der Waals surface area (Å²) in [6.07, 6.45) is 2.42. The molecule has 0 radical (unpaired) electrons. The minimum atomic E-state index is -3.30. The first kappa shape index (κ1) is 19.1. The highest BCUT2D eigenvalue weighted by atomic mass is 32.2. The van der Waals surface area contributed by atoms with Crippen molar-refractivity contribution >= 4 is 16.0 Å². The van der Waals surface area contributed by atoms with E-state index in [0.29, 0.717) is 30.7 Å². The smallest absolute Gasteiger partial charge is 0.315 e. The summed E-state index contributed by atoms with van der Waals surface area (Å²) < 4.78 is 30.1. The Hall–Kier alpha value is -2.69. The van der Waals surface area contributed by atoms with Gasteiger partial charge in [-0.15, -0.1) is 0 Å². The average molecular weight is 384 g/mol. The number of piperidine rings is 1. The lowest BCUT2D eigenvalue weighted by molar-refractivity contribution is -0.140. The third-order valence-corrected chi connectivity index (χ3v) is 5.88. The van der Waals surface area contributed by atoms with E-state index in [4.69, 9.17) is 10.00 Å². The molecule has 1 fully saturated rings. The van der Waals surface area contributed by atoms with Gasteiger partial charge in [-0.05, 0) is 48.2 Å². The summed E-state index contributed by atoms with van der Waals surface area (Å²) in [4.78, 5) is 12.4. The van der Waals surface area contributed by atoms with Crippen LogP contribution in [0, 0.1) is 17.2 Å². The van der Waals surface area contributed by atoms with Gasteiger partial charge in [0.25, 0.3) is 0 Å². The highest BCUT2D eigenvalue weighted by molar-refractivity contribution is 7.88. The predicted molar refractivity (Wildman–Crippen MR) is 101 cm³/mol. The number of rotatable bonds is 4. The fourth-order valence-corrected chi connectivity index (χ4v) is 4.00. The number of nitriles is 1. The van der Waals surface area contributed by atoms with Crippen LogP contribution >= 0.6 is 0 Å². The molecule has 0 aromatic heterocycles. The van der Waals surface area contributed by atoms with E-state index in [-0.39, 0.29) is 6.54 Å². The minimum absolute atomic E-state index is 0.168. The number of sulfonamides is 1. The van der Waals surface area contributed by atoms with Gasteiger partial charge in [-0.1, -0.05) is 24.3 Å². The van der Waals surface area contributed by atoms with Crippen LogP contribution in [0.5, 0.6) is 5.75 Å². The molecule has 0 N–H and O–H groups in total. The molecule has 1 saturated heterocycles. The number of hydrogen-bond acceptors (Lipinski definition) is 5. The SMILES string of the molecule is CS(=O)(=O)N1CCCC(C(=O)Oc2ccc(-c3ccc(C#N)cc3)cc2)C1. The minimum Gasteiger partial charge on any atom is -0.426 e. The Bertz CT molecular complexity index is 961. The molecule has 3 rings (SSSR count). The van der Waals surface area contributed by atoms with E-state index in [2.05, 4.69) is 6.07 Å².